The second kappa shape index (κ2) is 6.00. The summed E-state index contributed by atoms with van der Waals surface area (Å²) < 4.78 is 12.1. The lowest BCUT2D eigenvalue weighted by Gasteiger charge is -2.07. The van der Waals surface area contributed by atoms with Crippen LogP contribution in [0.5, 0.6) is 5.75 Å². The zero-order valence-electron chi connectivity index (χ0n) is 12.5. The minimum atomic E-state index is -1.05. The van der Waals surface area contributed by atoms with E-state index >= 15 is 0 Å². The summed E-state index contributed by atoms with van der Waals surface area (Å²) >= 11 is 0. The van der Waals surface area contributed by atoms with Crippen LogP contribution < -0.4 is 10.5 Å². The SMILES string of the molecule is Cc1ccc(OCCn2c(=O)oc3ccc(C(=O)O)cc32)cc1. The normalized spacial score (nSPS) is 10.8. The Kier molecular flexibility index (Phi) is 3.89. The average Bonchev–Trinajstić information content (AvgIpc) is 2.84. The van der Waals surface area contributed by atoms with Crippen LogP contribution in [0.2, 0.25) is 0 Å². The highest BCUT2D eigenvalue weighted by molar-refractivity contribution is 5.91. The lowest BCUT2D eigenvalue weighted by molar-refractivity contribution is 0.0697. The second-order valence-electron chi connectivity index (χ2n) is 5.17. The summed E-state index contributed by atoms with van der Waals surface area (Å²) in [6.45, 7) is 2.53. The summed E-state index contributed by atoms with van der Waals surface area (Å²) in [6, 6.07) is 11.9. The van der Waals surface area contributed by atoms with Crippen molar-refractivity contribution >= 4 is 17.1 Å². The Labute approximate surface area is 131 Å². The van der Waals surface area contributed by atoms with Gasteiger partial charge in [-0.2, -0.15) is 0 Å². The van der Waals surface area contributed by atoms with Gasteiger partial charge in [-0.1, -0.05) is 17.7 Å². The van der Waals surface area contributed by atoms with Crippen molar-refractivity contribution in [2.45, 2.75) is 13.5 Å². The standard InChI is InChI=1S/C17H15NO5/c1-11-2-5-13(6-3-11)22-9-8-18-14-10-12(16(19)20)4-7-15(14)23-17(18)21/h2-7,10H,8-9H2,1H3,(H,19,20). The second-order valence-corrected chi connectivity index (χ2v) is 5.17. The van der Waals surface area contributed by atoms with Crippen LogP contribution in [0.1, 0.15) is 15.9 Å². The van der Waals surface area contributed by atoms with Crippen LogP contribution in [0.3, 0.4) is 0 Å². The number of aromatic nitrogens is 1. The van der Waals surface area contributed by atoms with E-state index in [2.05, 4.69) is 0 Å². The number of ether oxygens (including phenoxy) is 1. The fraction of sp³-hybridized carbons (Fsp3) is 0.176. The molecular weight excluding hydrogens is 298 g/mol. The highest BCUT2D eigenvalue weighted by Gasteiger charge is 2.12. The van der Waals surface area contributed by atoms with Crippen molar-refractivity contribution in [2.24, 2.45) is 0 Å². The van der Waals surface area contributed by atoms with Gasteiger partial charge in [-0.15, -0.1) is 0 Å². The van der Waals surface area contributed by atoms with E-state index in [-0.39, 0.29) is 18.7 Å². The van der Waals surface area contributed by atoms with Gasteiger partial charge < -0.3 is 14.3 Å². The third-order valence-corrected chi connectivity index (χ3v) is 3.52. The molecule has 1 heterocycles. The maximum Gasteiger partial charge on any atom is 0.420 e. The molecular formula is C17H15NO5. The monoisotopic (exact) mass is 313 g/mol. The van der Waals surface area contributed by atoms with E-state index in [9.17, 15) is 9.59 Å². The largest absolute Gasteiger partial charge is 0.492 e. The molecule has 1 N–H and O–H groups in total. The van der Waals surface area contributed by atoms with Crippen molar-refractivity contribution in [1.29, 1.82) is 0 Å². The minimum Gasteiger partial charge on any atom is -0.492 e. The van der Waals surface area contributed by atoms with E-state index in [0.717, 1.165) is 5.56 Å². The van der Waals surface area contributed by atoms with E-state index in [1.165, 1.54) is 22.8 Å². The summed E-state index contributed by atoms with van der Waals surface area (Å²) in [6.07, 6.45) is 0. The van der Waals surface area contributed by atoms with Crippen molar-refractivity contribution in [3.63, 3.8) is 0 Å². The molecule has 0 saturated carbocycles. The van der Waals surface area contributed by atoms with E-state index < -0.39 is 11.7 Å². The average molecular weight is 313 g/mol. The van der Waals surface area contributed by atoms with Crippen LogP contribution in [0, 0.1) is 6.92 Å². The summed E-state index contributed by atoms with van der Waals surface area (Å²) in [7, 11) is 0. The van der Waals surface area contributed by atoms with Crippen molar-refractivity contribution < 1.29 is 19.1 Å². The van der Waals surface area contributed by atoms with Gasteiger partial charge in [-0.3, -0.25) is 4.57 Å². The highest BCUT2D eigenvalue weighted by atomic mass is 16.5. The van der Waals surface area contributed by atoms with Crippen LogP contribution in [0.15, 0.2) is 51.7 Å². The number of oxazole rings is 1. The van der Waals surface area contributed by atoms with Gasteiger partial charge in [0.05, 0.1) is 17.6 Å². The summed E-state index contributed by atoms with van der Waals surface area (Å²) in [5.41, 5.74) is 2.04. The van der Waals surface area contributed by atoms with Crippen molar-refractivity contribution in [2.75, 3.05) is 6.61 Å². The van der Waals surface area contributed by atoms with E-state index in [4.69, 9.17) is 14.3 Å². The molecule has 118 valence electrons. The van der Waals surface area contributed by atoms with Crippen LogP contribution in [-0.4, -0.2) is 22.2 Å². The number of aryl methyl sites for hydroxylation is 1. The summed E-state index contributed by atoms with van der Waals surface area (Å²) in [5.74, 6) is -0.874. The first-order chi connectivity index (χ1) is 11.0. The number of fused-ring (bicyclic) bond motifs is 1. The highest BCUT2D eigenvalue weighted by Crippen LogP contribution is 2.16. The van der Waals surface area contributed by atoms with Crippen molar-refractivity contribution in [1.82, 2.24) is 4.57 Å². The number of carbonyl (C=O) groups is 1. The van der Waals surface area contributed by atoms with Crippen LogP contribution in [0.25, 0.3) is 11.1 Å². The van der Waals surface area contributed by atoms with Gasteiger partial charge in [0.1, 0.15) is 12.4 Å². The predicted octanol–water partition coefficient (Wildman–Crippen LogP) is 2.68. The third-order valence-electron chi connectivity index (χ3n) is 3.52. The molecule has 3 rings (SSSR count). The first kappa shape index (κ1) is 14.9. The van der Waals surface area contributed by atoms with Crippen LogP contribution in [-0.2, 0) is 6.54 Å². The van der Waals surface area contributed by atoms with Crippen LogP contribution >= 0.6 is 0 Å². The van der Waals surface area contributed by atoms with E-state index in [1.54, 1.807) is 0 Å². The molecule has 2 aromatic carbocycles. The first-order valence-electron chi connectivity index (χ1n) is 7.11. The first-order valence-corrected chi connectivity index (χ1v) is 7.11. The number of nitrogens with zero attached hydrogens (tertiary/aromatic N) is 1. The number of hydrogen-bond donors (Lipinski definition) is 1. The quantitative estimate of drug-likeness (QED) is 0.783. The fourth-order valence-electron chi connectivity index (χ4n) is 2.30. The van der Waals surface area contributed by atoms with Crippen LogP contribution in [0.4, 0.5) is 0 Å². The zero-order chi connectivity index (χ0) is 16.4. The Morgan fingerprint density at radius 3 is 2.65 bits per heavy atom. The Morgan fingerprint density at radius 2 is 1.96 bits per heavy atom. The molecule has 3 aromatic rings. The van der Waals surface area contributed by atoms with Crippen molar-refractivity contribution in [3.05, 3.63) is 64.1 Å². The van der Waals surface area contributed by atoms with Gasteiger partial charge in [0.2, 0.25) is 0 Å². The number of rotatable bonds is 5. The molecule has 0 radical (unpaired) electrons. The smallest absolute Gasteiger partial charge is 0.420 e. The van der Waals surface area contributed by atoms with Gasteiger partial charge in [0.15, 0.2) is 5.58 Å². The molecule has 0 saturated heterocycles. The molecule has 0 aliphatic heterocycles. The van der Waals surface area contributed by atoms with Gasteiger partial charge in [0, 0.05) is 0 Å². The molecule has 0 aliphatic carbocycles. The molecule has 6 nitrogen and oxygen atoms in total. The molecule has 0 spiro atoms. The van der Waals surface area contributed by atoms with Gasteiger partial charge in [-0.25, -0.2) is 9.59 Å². The molecule has 0 unspecified atom stereocenters. The maximum absolute atomic E-state index is 11.9. The van der Waals surface area contributed by atoms with E-state index in [1.807, 2.05) is 31.2 Å². The molecule has 6 heteroatoms. The topological polar surface area (TPSA) is 81.7 Å². The van der Waals surface area contributed by atoms with Gasteiger partial charge in [-0.05, 0) is 37.3 Å². The lowest BCUT2D eigenvalue weighted by Crippen LogP contribution is -2.18. The molecule has 0 bridgehead atoms. The minimum absolute atomic E-state index is 0.103. The molecule has 0 fully saturated rings. The Morgan fingerprint density at radius 1 is 1.22 bits per heavy atom. The number of carboxylic acids is 1. The summed E-state index contributed by atoms with van der Waals surface area (Å²) in [4.78, 5) is 22.9. The fourth-order valence-corrected chi connectivity index (χ4v) is 2.30. The number of aromatic carboxylic acids is 1. The van der Waals surface area contributed by atoms with Crippen molar-refractivity contribution in [3.8, 4) is 5.75 Å². The number of carboxylic acid groups (broad SMARTS) is 1. The molecule has 0 amide bonds. The Hall–Kier alpha value is -3.02. The molecule has 0 atom stereocenters. The number of benzene rings is 2. The van der Waals surface area contributed by atoms with Gasteiger partial charge >= 0.3 is 11.7 Å². The Bertz CT molecular complexity index is 905. The zero-order valence-corrected chi connectivity index (χ0v) is 12.5. The maximum atomic E-state index is 11.9. The molecule has 0 aliphatic rings. The molecule has 23 heavy (non-hydrogen) atoms. The van der Waals surface area contributed by atoms with E-state index in [0.29, 0.717) is 16.8 Å². The third kappa shape index (κ3) is 3.11. The van der Waals surface area contributed by atoms with Gasteiger partial charge in [0.25, 0.3) is 0 Å². The Balaban J connectivity index is 1.80. The lowest BCUT2D eigenvalue weighted by atomic mass is 10.2. The summed E-state index contributed by atoms with van der Waals surface area (Å²) in [5, 5.41) is 9.05. The predicted molar refractivity (Wildman–Crippen MR) is 84.1 cm³/mol. The number of hydrogen-bond acceptors (Lipinski definition) is 4. The molecule has 1 aromatic heterocycles.